The Morgan fingerprint density at radius 2 is 1.84 bits per heavy atom. The van der Waals surface area contributed by atoms with E-state index in [9.17, 15) is 4.79 Å². The number of rotatable bonds is 6. The van der Waals surface area contributed by atoms with Crippen LogP contribution in [0.2, 0.25) is 0 Å². The Labute approximate surface area is 119 Å². The molecule has 0 spiro atoms. The van der Waals surface area contributed by atoms with E-state index in [1.54, 1.807) is 0 Å². The van der Waals surface area contributed by atoms with Crippen LogP contribution in [0, 0.1) is 0 Å². The minimum absolute atomic E-state index is 0. The molecule has 0 aliphatic rings. The van der Waals surface area contributed by atoms with Gasteiger partial charge in [0.05, 0.1) is 0 Å². The topological polar surface area (TPSA) is 49.3 Å². The molecule has 0 saturated carbocycles. The van der Waals surface area contributed by atoms with Crippen LogP contribution in [-0.2, 0) is 11.3 Å². The summed E-state index contributed by atoms with van der Waals surface area (Å²) in [6, 6.07) is 14.5. The number of fused-ring (bicyclic) bond motifs is 1. The molecule has 0 aliphatic heterocycles. The van der Waals surface area contributed by atoms with Gasteiger partial charge in [0.1, 0.15) is 0 Å². The minimum Gasteiger partial charge on any atom is -1.00 e. The number of hydrogen-bond acceptors (Lipinski definition) is 2. The molecule has 0 unspecified atom stereocenters. The highest BCUT2D eigenvalue weighted by atomic mass is 35.5. The molecule has 0 aliphatic carbocycles. The fraction of sp³-hybridized carbons (Fsp3) is 0.267. The molecule has 2 aromatic rings. The summed E-state index contributed by atoms with van der Waals surface area (Å²) in [5.74, 6) is -0.734. The molecular formula is C15H17ClNO2-. The lowest BCUT2D eigenvalue weighted by atomic mass is 10.0. The van der Waals surface area contributed by atoms with Crippen LogP contribution in [0.3, 0.4) is 0 Å². The van der Waals surface area contributed by atoms with Crippen molar-refractivity contribution in [2.24, 2.45) is 0 Å². The van der Waals surface area contributed by atoms with Crippen molar-refractivity contribution in [3.05, 3.63) is 48.0 Å². The maximum Gasteiger partial charge on any atom is 0.303 e. The molecule has 0 bridgehead atoms. The van der Waals surface area contributed by atoms with E-state index in [2.05, 4.69) is 35.6 Å². The van der Waals surface area contributed by atoms with Crippen molar-refractivity contribution in [1.29, 1.82) is 0 Å². The number of hydrogen-bond donors (Lipinski definition) is 2. The number of aliphatic carboxylic acids is 1. The Hall–Kier alpha value is -1.58. The first-order valence-corrected chi connectivity index (χ1v) is 6.16. The van der Waals surface area contributed by atoms with Gasteiger partial charge in [-0.2, -0.15) is 0 Å². The number of carboxylic acid groups (broad SMARTS) is 1. The van der Waals surface area contributed by atoms with Crippen LogP contribution in [0.5, 0.6) is 0 Å². The van der Waals surface area contributed by atoms with Gasteiger partial charge in [0.15, 0.2) is 0 Å². The SMILES string of the molecule is O=C(O)CCCNCc1cccc2ccccc12.[Cl-]. The summed E-state index contributed by atoms with van der Waals surface area (Å²) in [6.07, 6.45) is 0.892. The molecule has 0 amide bonds. The summed E-state index contributed by atoms with van der Waals surface area (Å²) in [5, 5.41) is 14.3. The number of benzene rings is 2. The van der Waals surface area contributed by atoms with Gasteiger partial charge in [-0.3, -0.25) is 4.79 Å². The van der Waals surface area contributed by atoms with E-state index in [4.69, 9.17) is 5.11 Å². The average Bonchev–Trinajstić information content (AvgIpc) is 2.38. The highest BCUT2D eigenvalue weighted by molar-refractivity contribution is 5.85. The fourth-order valence-corrected chi connectivity index (χ4v) is 2.03. The van der Waals surface area contributed by atoms with Crippen molar-refractivity contribution >= 4 is 16.7 Å². The Balaban J connectivity index is 0.00000180. The van der Waals surface area contributed by atoms with Gasteiger partial charge < -0.3 is 22.8 Å². The maximum atomic E-state index is 10.4. The Morgan fingerprint density at radius 3 is 2.63 bits per heavy atom. The summed E-state index contributed by atoms with van der Waals surface area (Å²) in [7, 11) is 0. The van der Waals surface area contributed by atoms with E-state index in [-0.39, 0.29) is 18.8 Å². The van der Waals surface area contributed by atoms with Crippen LogP contribution in [0.25, 0.3) is 10.8 Å². The largest absolute Gasteiger partial charge is 1.00 e. The zero-order valence-electron chi connectivity index (χ0n) is 10.6. The van der Waals surface area contributed by atoms with Crippen LogP contribution >= 0.6 is 0 Å². The zero-order chi connectivity index (χ0) is 12.8. The van der Waals surface area contributed by atoms with E-state index in [0.717, 1.165) is 13.1 Å². The van der Waals surface area contributed by atoms with Crippen molar-refractivity contribution in [1.82, 2.24) is 5.32 Å². The van der Waals surface area contributed by atoms with Crippen LogP contribution in [0.15, 0.2) is 42.5 Å². The quantitative estimate of drug-likeness (QED) is 0.720. The first-order chi connectivity index (χ1) is 8.77. The summed E-state index contributed by atoms with van der Waals surface area (Å²) >= 11 is 0. The molecule has 3 nitrogen and oxygen atoms in total. The van der Waals surface area contributed by atoms with Gasteiger partial charge in [0.25, 0.3) is 0 Å². The van der Waals surface area contributed by atoms with Crippen molar-refractivity contribution in [2.45, 2.75) is 19.4 Å². The Bertz CT molecular complexity index is 537. The normalized spacial score (nSPS) is 10.1. The second kappa shape index (κ2) is 7.77. The minimum atomic E-state index is -0.734. The standard InChI is InChI=1S/C15H17NO2.ClH/c17-15(18)9-4-10-16-11-13-7-3-6-12-5-1-2-8-14(12)13;/h1-3,5-8,16H,4,9-11H2,(H,17,18);1H/p-1. The van der Waals surface area contributed by atoms with Crippen LogP contribution < -0.4 is 17.7 Å². The number of nitrogens with one attached hydrogen (secondary N) is 1. The number of carboxylic acids is 1. The van der Waals surface area contributed by atoms with Crippen molar-refractivity contribution in [3.63, 3.8) is 0 Å². The molecule has 2 aromatic carbocycles. The molecule has 102 valence electrons. The predicted octanol–water partition coefficient (Wildman–Crippen LogP) is -0.202. The fourth-order valence-electron chi connectivity index (χ4n) is 2.03. The van der Waals surface area contributed by atoms with E-state index in [0.29, 0.717) is 6.42 Å². The van der Waals surface area contributed by atoms with Gasteiger partial charge in [-0.05, 0) is 29.3 Å². The number of carbonyl (C=O) groups is 1. The molecule has 0 heterocycles. The molecule has 2 N–H and O–H groups in total. The molecule has 0 radical (unpaired) electrons. The summed E-state index contributed by atoms with van der Waals surface area (Å²) in [6.45, 7) is 1.51. The lowest BCUT2D eigenvalue weighted by molar-refractivity contribution is -0.137. The first-order valence-electron chi connectivity index (χ1n) is 6.16. The van der Waals surface area contributed by atoms with Crippen LogP contribution in [0.4, 0.5) is 0 Å². The molecule has 0 saturated heterocycles. The summed E-state index contributed by atoms with van der Waals surface area (Å²) in [4.78, 5) is 10.4. The van der Waals surface area contributed by atoms with Crippen molar-refractivity contribution in [2.75, 3.05) is 6.54 Å². The van der Waals surface area contributed by atoms with Gasteiger partial charge in [-0.25, -0.2) is 0 Å². The molecule has 19 heavy (non-hydrogen) atoms. The second-order valence-electron chi connectivity index (χ2n) is 4.31. The number of halogens is 1. The summed E-state index contributed by atoms with van der Waals surface area (Å²) < 4.78 is 0. The third-order valence-corrected chi connectivity index (χ3v) is 2.94. The smallest absolute Gasteiger partial charge is 0.303 e. The van der Waals surface area contributed by atoms with Crippen LogP contribution in [-0.4, -0.2) is 17.6 Å². The molecular weight excluding hydrogens is 262 g/mol. The monoisotopic (exact) mass is 278 g/mol. The third-order valence-electron chi connectivity index (χ3n) is 2.94. The highest BCUT2D eigenvalue weighted by Crippen LogP contribution is 2.18. The zero-order valence-corrected chi connectivity index (χ0v) is 11.4. The van der Waals surface area contributed by atoms with Gasteiger partial charge in [0.2, 0.25) is 0 Å². The van der Waals surface area contributed by atoms with Gasteiger partial charge >= 0.3 is 5.97 Å². The molecule has 0 fully saturated rings. The molecule has 2 rings (SSSR count). The third kappa shape index (κ3) is 4.54. The molecule has 0 atom stereocenters. The Kier molecular flexibility index (Phi) is 6.33. The van der Waals surface area contributed by atoms with E-state index in [1.807, 2.05) is 12.1 Å². The Morgan fingerprint density at radius 1 is 1.11 bits per heavy atom. The van der Waals surface area contributed by atoms with E-state index >= 15 is 0 Å². The van der Waals surface area contributed by atoms with Gasteiger partial charge in [0, 0.05) is 13.0 Å². The second-order valence-corrected chi connectivity index (χ2v) is 4.31. The van der Waals surface area contributed by atoms with Gasteiger partial charge in [-0.15, -0.1) is 0 Å². The molecule has 0 aromatic heterocycles. The highest BCUT2D eigenvalue weighted by Gasteiger charge is 2.00. The van der Waals surface area contributed by atoms with Crippen LogP contribution in [0.1, 0.15) is 18.4 Å². The average molecular weight is 279 g/mol. The van der Waals surface area contributed by atoms with Gasteiger partial charge in [-0.1, -0.05) is 42.5 Å². The first kappa shape index (κ1) is 15.5. The maximum absolute atomic E-state index is 10.4. The van der Waals surface area contributed by atoms with Crippen molar-refractivity contribution < 1.29 is 22.3 Å². The van der Waals surface area contributed by atoms with E-state index < -0.39 is 5.97 Å². The van der Waals surface area contributed by atoms with E-state index in [1.165, 1.54) is 16.3 Å². The summed E-state index contributed by atoms with van der Waals surface area (Å²) in [5.41, 5.74) is 1.25. The lowest BCUT2D eigenvalue weighted by Gasteiger charge is -2.07. The molecule has 4 heteroatoms. The lowest BCUT2D eigenvalue weighted by Crippen LogP contribution is -3.00. The predicted molar refractivity (Wildman–Crippen MR) is 72.5 cm³/mol. The van der Waals surface area contributed by atoms with Crippen molar-refractivity contribution in [3.8, 4) is 0 Å².